The van der Waals surface area contributed by atoms with Crippen LogP contribution in [0.1, 0.15) is 12.5 Å². The lowest BCUT2D eigenvalue weighted by Crippen LogP contribution is -2.32. The predicted octanol–water partition coefficient (Wildman–Crippen LogP) is 5.29. The molecule has 3 aromatic carbocycles. The summed E-state index contributed by atoms with van der Waals surface area (Å²) in [6.45, 7) is 1.61. The molecular weight excluding hydrogens is 500 g/mol. The fourth-order valence-corrected chi connectivity index (χ4v) is 4.83. The molecule has 0 saturated heterocycles. The van der Waals surface area contributed by atoms with E-state index in [1.807, 2.05) is 67.5 Å². The fourth-order valence-electron chi connectivity index (χ4n) is 4.66. The highest BCUT2D eigenvalue weighted by molar-refractivity contribution is 6.31. The lowest BCUT2D eigenvalue weighted by Gasteiger charge is -2.12. The van der Waals surface area contributed by atoms with Crippen molar-refractivity contribution in [1.29, 1.82) is 0 Å². The van der Waals surface area contributed by atoms with Gasteiger partial charge in [-0.05, 0) is 55.0 Å². The summed E-state index contributed by atoms with van der Waals surface area (Å²) in [6, 6.07) is 20.8. The van der Waals surface area contributed by atoms with Crippen LogP contribution in [0.15, 0.2) is 77.4 Å². The van der Waals surface area contributed by atoms with Gasteiger partial charge in [-0.2, -0.15) is 10.1 Å². The molecule has 9 heteroatoms. The van der Waals surface area contributed by atoms with E-state index in [2.05, 4.69) is 5.10 Å². The van der Waals surface area contributed by atoms with E-state index in [1.54, 1.807) is 35.8 Å². The second-order valence-corrected chi connectivity index (χ2v) is 9.81. The van der Waals surface area contributed by atoms with Crippen LogP contribution in [0.25, 0.3) is 39.2 Å². The number of halogens is 1. The van der Waals surface area contributed by atoms with Crippen LogP contribution in [0.5, 0.6) is 0 Å². The van der Waals surface area contributed by atoms with Gasteiger partial charge in [0.1, 0.15) is 12.1 Å². The molecule has 0 radical (unpaired) electrons. The van der Waals surface area contributed by atoms with E-state index >= 15 is 0 Å². The number of amides is 2. The maximum absolute atomic E-state index is 13.5. The third-order valence-electron chi connectivity index (χ3n) is 6.63. The molecule has 0 N–H and O–H groups in total. The molecule has 3 heterocycles. The standard InChI is InChI=1S/C29H23ClN6O2/c1-17-22(14-18-8-11-20(12-9-18)34(2)3)29(38)36(33-17)26(37)16-35-25-7-5-4-6-21(25)27-28(35)32-23-13-10-19(30)15-24(23)31-27/h4-15H,16H2,1-3H3/b22-14+. The van der Waals surface area contributed by atoms with E-state index < -0.39 is 11.8 Å². The van der Waals surface area contributed by atoms with Crippen LogP contribution >= 0.6 is 11.6 Å². The van der Waals surface area contributed by atoms with Gasteiger partial charge in [0.15, 0.2) is 5.65 Å². The number of anilines is 1. The Kier molecular flexibility index (Phi) is 5.69. The fraction of sp³-hybridized carbons (Fsp3) is 0.138. The molecule has 8 nitrogen and oxygen atoms in total. The molecule has 0 unspecified atom stereocenters. The van der Waals surface area contributed by atoms with E-state index in [-0.39, 0.29) is 6.54 Å². The number of fused-ring (bicyclic) bond motifs is 4. The van der Waals surface area contributed by atoms with E-state index in [0.29, 0.717) is 38.5 Å². The number of imide groups is 1. The maximum atomic E-state index is 13.5. The molecule has 188 valence electrons. The van der Waals surface area contributed by atoms with Gasteiger partial charge in [-0.1, -0.05) is 41.9 Å². The molecule has 0 atom stereocenters. The first-order valence-electron chi connectivity index (χ1n) is 12.1. The Bertz CT molecular complexity index is 1840. The molecule has 2 amide bonds. The number of nitrogens with zero attached hydrogens (tertiary/aromatic N) is 6. The van der Waals surface area contributed by atoms with Crippen LogP contribution in [0, 0.1) is 0 Å². The van der Waals surface area contributed by atoms with E-state index in [1.165, 1.54) is 0 Å². The zero-order valence-corrected chi connectivity index (χ0v) is 21.8. The van der Waals surface area contributed by atoms with Gasteiger partial charge < -0.3 is 9.47 Å². The first kappa shape index (κ1) is 23.8. The SMILES string of the molecule is CC1=NN(C(=O)Cn2c3ccccc3c3nc4cc(Cl)ccc4nc32)C(=O)/C1=C/c1ccc(N(C)C)cc1. The normalized spacial score (nSPS) is 14.7. The van der Waals surface area contributed by atoms with Gasteiger partial charge in [0.05, 0.1) is 27.8 Å². The molecule has 1 aliphatic heterocycles. The molecule has 5 aromatic rings. The van der Waals surface area contributed by atoms with Crippen molar-refractivity contribution < 1.29 is 9.59 Å². The number of hydrogen-bond acceptors (Lipinski definition) is 6. The van der Waals surface area contributed by atoms with Crippen LogP contribution in [-0.2, 0) is 16.1 Å². The summed E-state index contributed by atoms with van der Waals surface area (Å²) in [5.41, 5.74) is 6.13. The summed E-state index contributed by atoms with van der Waals surface area (Å²) in [7, 11) is 3.93. The van der Waals surface area contributed by atoms with Crippen molar-refractivity contribution in [1.82, 2.24) is 19.5 Å². The molecule has 0 fully saturated rings. The van der Waals surface area contributed by atoms with Gasteiger partial charge in [-0.15, -0.1) is 0 Å². The second-order valence-electron chi connectivity index (χ2n) is 9.37. The Balaban J connectivity index is 1.35. The van der Waals surface area contributed by atoms with Crippen molar-refractivity contribution >= 4 is 74.0 Å². The lowest BCUT2D eigenvalue weighted by atomic mass is 10.1. The Morgan fingerprint density at radius 1 is 1.00 bits per heavy atom. The molecule has 0 saturated carbocycles. The maximum Gasteiger partial charge on any atom is 0.283 e. The first-order valence-corrected chi connectivity index (χ1v) is 12.4. The number of rotatable bonds is 4. The average molecular weight is 523 g/mol. The molecule has 2 aromatic heterocycles. The number of carbonyl (C=O) groups is 2. The summed E-state index contributed by atoms with van der Waals surface area (Å²) in [5.74, 6) is -0.905. The highest BCUT2D eigenvalue weighted by Gasteiger charge is 2.33. The number of hydrogen-bond donors (Lipinski definition) is 0. The number of aromatic nitrogens is 3. The van der Waals surface area contributed by atoms with Crippen molar-refractivity contribution in [2.75, 3.05) is 19.0 Å². The Hall–Kier alpha value is -4.56. The molecule has 38 heavy (non-hydrogen) atoms. The van der Waals surface area contributed by atoms with E-state index in [4.69, 9.17) is 21.6 Å². The van der Waals surface area contributed by atoms with Crippen molar-refractivity contribution in [3.05, 3.63) is 82.9 Å². The molecular formula is C29H23ClN6O2. The largest absolute Gasteiger partial charge is 0.378 e. The Labute approximate surface area is 223 Å². The second kappa shape index (κ2) is 9.08. The van der Waals surface area contributed by atoms with Gasteiger partial charge in [0, 0.05) is 30.2 Å². The number of carbonyl (C=O) groups excluding carboxylic acids is 2. The smallest absolute Gasteiger partial charge is 0.283 e. The van der Waals surface area contributed by atoms with Gasteiger partial charge in [0.2, 0.25) is 0 Å². The van der Waals surface area contributed by atoms with Crippen LogP contribution in [0.4, 0.5) is 5.69 Å². The summed E-state index contributed by atoms with van der Waals surface area (Å²) in [4.78, 5) is 38.3. The predicted molar refractivity (Wildman–Crippen MR) is 151 cm³/mol. The average Bonchev–Trinajstić information content (AvgIpc) is 3.36. The monoisotopic (exact) mass is 522 g/mol. The van der Waals surface area contributed by atoms with Crippen molar-refractivity contribution in [3.63, 3.8) is 0 Å². The Morgan fingerprint density at radius 3 is 2.53 bits per heavy atom. The minimum Gasteiger partial charge on any atom is -0.378 e. The lowest BCUT2D eigenvalue weighted by molar-refractivity contribution is -0.141. The minimum atomic E-state index is -0.457. The molecule has 0 bridgehead atoms. The van der Waals surface area contributed by atoms with Gasteiger partial charge in [-0.25, -0.2) is 9.97 Å². The number of para-hydroxylation sites is 1. The first-order chi connectivity index (χ1) is 18.3. The minimum absolute atomic E-state index is 0.120. The highest BCUT2D eigenvalue weighted by atomic mass is 35.5. The summed E-state index contributed by atoms with van der Waals surface area (Å²) < 4.78 is 1.79. The summed E-state index contributed by atoms with van der Waals surface area (Å²) >= 11 is 6.17. The third kappa shape index (κ3) is 3.99. The topological polar surface area (TPSA) is 83.7 Å². The van der Waals surface area contributed by atoms with Crippen molar-refractivity contribution in [3.8, 4) is 0 Å². The van der Waals surface area contributed by atoms with Crippen molar-refractivity contribution in [2.24, 2.45) is 5.10 Å². The quantitative estimate of drug-likeness (QED) is 0.300. The number of benzene rings is 3. The van der Waals surface area contributed by atoms with Gasteiger partial charge >= 0.3 is 0 Å². The zero-order valence-electron chi connectivity index (χ0n) is 21.0. The molecule has 1 aliphatic rings. The van der Waals surface area contributed by atoms with Gasteiger partial charge in [0.25, 0.3) is 11.8 Å². The molecule has 0 spiro atoms. The van der Waals surface area contributed by atoms with Gasteiger partial charge in [-0.3, -0.25) is 9.59 Å². The van der Waals surface area contributed by atoms with E-state index in [0.717, 1.165) is 27.2 Å². The van der Waals surface area contributed by atoms with Crippen LogP contribution < -0.4 is 4.90 Å². The number of hydrazone groups is 1. The zero-order chi connectivity index (χ0) is 26.6. The van der Waals surface area contributed by atoms with Crippen LogP contribution in [0.2, 0.25) is 5.02 Å². The molecule has 6 rings (SSSR count). The third-order valence-corrected chi connectivity index (χ3v) is 6.86. The highest BCUT2D eigenvalue weighted by Crippen LogP contribution is 2.29. The van der Waals surface area contributed by atoms with Crippen molar-refractivity contribution in [2.45, 2.75) is 13.5 Å². The van der Waals surface area contributed by atoms with Crippen LogP contribution in [-0.4, -0.2) is 51.2 Å². The van der Waals surface area contributed by atoms with E-state index in [9.17, 15) is 9.59 Å². The molecule has 0 aliphatic carbocycles. The summed E-state index contributed by atoms with van der Waals surface area (Å²) in [6.07, 6.45) is 1.76. The summed E-state index contributed by atoms with van der Waals surface area (Å²) in [5, 5.41) is 6.68. The Morgan fingerprint density at radius 2 is 1.76 bits per heavy atom. The van der Waals surface area contributed by atoms with Crippen LogP contribution in [0.3, 0.4) is 0 Å².